The van der Waals surface area contributed by atoms with Gasteiger partial charge < -0.3 is 4.57 Å². The zero-order valence-electron chi connectivity index (χ0n) is 14.3. The molecule has 0 fully saturated rings. The Morgan fingerprint density at radius 3 is 2.82 bits per heavy atom. The minimum absolute atomic E-state index is 0.0705. The number of nitrogens with zero attached hydrogens (tertiary/aromatic N) is 4. The number of hydrogen-bond donors (Lipinski definition) is 0. The van der Waals surface area contributed by atoms with Gasteiger partial charge in [0.1, 0.15) is 11.3 Å². The van der Waals surface area contributed by atoms with E-state index in [1.165, 1.54) is 22.3 Å². The normalized spacial score (nSPS) is 11.2. The highest BCUT2D eigenvalue weighted by molar-refractivity contribution is 9.11. The lowest BCUT2D eigenvalue weighted by atomic mass is 10.3. The van der Waals surface area contributed by atoms with Gasteiger partial charge in [-0.2, -0.15) is 0 Å². The molecule has 144 valence electrons. The van der Waals surface area contributed by atoms with E-state index < -0.39 is 11.6 Å². The second-order valence-corrected chi connectivity index (χ2v) is 9.42. The first-order valence-corrected chi connectivity index (χ1v) is 10.7. The summed E-state index contributed by atoms with van der Waals surface area (Å²) in [7, 11) is 0. The number of aryl methyl sites for hydroxylation is 1. The van der Waals surface area contributed by atoms with E-state index in [9.17, 15) is 13.6 Å². The molecular weight excluding hydrogens is 470 g/mol. The number of hydrogen-bond acceptors (Lipinski definition) is 5. The van der Waals surface area contributed by atoms with Crippen LogP contribution in [0.2, 0.25) is 0 Å². The lowest BCUT2D eigenvalue weighted by Gasteiger charge is -2.19. The number of benzene rings is 1. The quantitative estimate of drug-likeness (QED) is 0.373. The molecule has 0 aliphatic carbocycles. The van der Waals surface area contributed by atoms with Gasteiger partial charge in [0.25, 0.3) is 5.91 Å². The van der Waals surface area contributed by atoms with Gasteiger partial charge in [0.2, 0.25) is 0 Å². The SMILES string of the molecule is O=C(c1ccc(Br)s1)N(CCCn1ccnc1)c1nc2c(F)cc(F)cc2s1. The number of thiazole rings is 1. The largest absolute Gasteiger partial charge is 0.337 e. The van der Waals surface area contributed by atoms with Gasteiger partial charge in [0, 0.05) is 31.5 Å². The van der Waals surface area contributed by atoms with Crippen LogP contribution in [-0.4, -0.2) is 27.0 Å². The molecule has 0 N–H and O–H groups in total. The molecule has 0 radical (unpaired) electrons. The lowest BCUT2D eigenvalue weighted by Crippen LogP contribution is -2.31. The van der Waals surface area contributed by atoms with Crippen molar-refractivity contribution in [2.75, 3.05) is 11.4 Å². The first-order chi connectivity index (χ1) is 13.5. The van der Waals surface area contributed by atoms with Crippen LogP contribution in [0.25, 0.3) is 10.2 Å². The van der Waals surface area contributed by atoms with Crippen LogP contribution in [-0.2, 0) is 6.54 Å². The fourth-order valence-electron chi connectivity index (χ4n) is 2.74. The van der Waals surface area contributed by atoms with Gasteiger partial charge >= 0.3 is 0 Å². The summed E-state index contributed by atoms with van der Waals surface area (Å²) >= 11 is 5.78. The summed E-state index contributed by atoms with van der Waals surface area (Å²) in [5, 5.41) is 0.347. The Hall–Kier alpha value is -2.17. The number of imidazole rings is 1. The van der Waals surface area contributed by atoms with Crippen molar-refractivity contribution in [2.45, 2.75) is 13.0 Å². The van der Waals surface area contributed by atoms with Gasteiger partial charge in [-0.3, -0.25) is 9.69 Å². The van der Waals surface area contributed by atoms with Crippen molar-refractivity contribution in [3.63, 3.8) is 0 Å². The Bertz CT molecular complexity index is 1130. The number of carbonyl (C=O) groups excluding carboxylic acids is 1. The molecule has 4 aromatic rings. The van der Waals surface area contributed by atoms with E-state index in [1.807, 2.05) is 10.8 Å². The summed E-state index contributed by atoms with van der Waals surface area (Å²) < 4.78 is 30.7. The van der Waals surface area contributed by atoms with Crippen LogP contribution in [0.4, 0.5) is 13.9 Å². The third-order valence-electron chi connectivity index (χ3n) is 4.02. The molecular formula is C18H13BrF2N4OS2. The third kappa shape index (κ3) is 3.98. The molecule has 0 saturated heterocycles. The number of aromatic nitrogens is 3. The molecule has 0 unspecified atom stereocenters. The lowest BCUT2D eigenvalue weighted by molar-refractivity contribution is 0.0990. The van der Waals surface area contributed by atoms with Crippen molar-refractivity contribution in [3.05, 3.63) is 63.3 Å². The maximum absolute atomic E-state index is 14.1. The van der Waals surface area contributed by atoms with Gasteiger partial charge in [-0.1, -0.05) is 11.3 Å². The highest BCUT2D eigenvalue weighted by atomic mass is 79.9. The highest BCUT2D eigenvalue weighted by Gasteiger charge is 2.23. The summed E-state index contributed by atoms with van der Waals surface area (Å²) in [5.41, 5.74) is 0.0705. The molecule has 0 spiro atoms. The molecule has 1 amide bonds. The predicted molar refractivity (Wildman–Crippen MR) is 110 cm³/mol. The summed E-state index contributed by atoms with van der Waals surface area (Å²) in [5.74, 6) is -1.62. The van der Waals surface area contributed by atoms with Crippen LogP contribution in [0.15, 0.2) is 46.8 Å². The van der Waals surface area contributed by atoms with Gasteiger partial charge in [-0.15, -0.1) is 11.3 Å². The number of halogens is 3. The van der Waals surface area contributed by atoms with Crippen molar-refractivity contribution in [1.82, 2.24) is 14.5 Å². The van der Waals surface area contributed by atoms with Crippen LogP contribution in [0.1, 0.15) is 16.1 Å². The summed E-state index contributed by atoms with van der Waals surface area (Å²) in [6, 6.07) is 5.56. The minimum atomic E-state index is -0.734. The Morgan fingerprint density at radius 2 is 2.11 bits per heavy atom. The zero-order valence-corrected chi connectivity index (χ0v) is 17.5. The summed E-state index contributed by atoms with van der Waals surface area (Å²) in [4.78, 5) is 23.4. The molecule has 0 aliphatic heterocycles. The summed E-state index contributed by atoms with van der Waals surface area (Å²) in [6.07, 6.45) is 5.90. The van der Waals surface area contributed by atoms with Crippen molar-refractivity contribution >= 4 is 59.9 Å². The van der Waals surface area contributed by atoms with Crippen LogP contribution in [0, 0.1) is 11.6 Å². The Balaban J connectivity index is 1.65. The second kappa shape index (κ2) is 8.06. The average Bonchev–Trinajstić information content (AvgIpc) is 3.38. The smallest absolute Gasteiger partial charge is 0.270 e. The highest BCUT2D eigenvalue weighted by Crippen LogP contribution is 2.33. The van der Waals surface area contributed by atoms with Gasteiger partial charge in [0.15, 0.2) is 10.9 Å². The standard InChI is InChI=1S/C18H13BrF2N4OS2/c19-15-3-2-13(27-15)17(26)25(6-1-5-24-7-4-22-10-24)18-23-16-12(21)8-11(20)9-14(16)28-18/h2-4,7-10H,1,5-6H2. The number of carbonyl (C=O) groups is 1. The fourth-order valence-corrected chi connectivity index (χ4v) is 5.10. The van der Waals surface area contributed by atoms with Gasteiger partial charge in [-0.25, -0.2) is 18.7 Å². The van der Waals surface area contributed by atoms with Crippen molar-refractivity contribution in [3.8, 4) is 0 Å². The van der Waals surface area contributed by atoms with Crippen LogP contribution in [0.3, 0.4) is 0 Å². The number of amides is 1. The topological polar surface area (TPSA) is 51.0 Å². The van der Waals surface area contributed by atoms with Crippen LogP contribution >= 0.6 is 38.6 Å². The van der Waals surface area contributed by atoms with Crippen molar-refractivity contribution < 1.29 is 13.6 Å². The number of anilines is 1. The molecule has 1 aromatic carbocycles. The minimum Gasteiger partial charge on any atom is -0.337 e. The van der Waals surface area contributed by atoms with Crippen molar-refractivity contribution in [1.29, 1.82) is 0 Å². The molecule has 28 heavy (non-hydrogen) atoms. The zero-order chi connectivity index (χ0) is 19.7. The molecule has 0 saturated carbocycles. The van der Waals surface area contributed by atoms with E-state index >= 15 is 0 Å². The van der Waals surface area contributed by atoms with E-state index in [0.717, 1.165) is 21.2 Å². The first-order valence-electron chi connectivity index (χ1n) is 8.30. The Kier molecular flexibility index (Phi) is 5.51. The average molecular weight is 483 g/mol. The summed E-state index contributed by atoms with van der Waals surface area (Å²) in [6.45, 7) is 1.06. The second-order valence-electron chi connectivity index (χ2n) is 5.95. The molecule has 5 nitrogen and oxygen atoms in total. The van der Waals surface area contributed by atoms with Crippen molar-refractivity contribution in [2.24, 2.45) is 0 Å². The maximum atomic E-state index is 14.1. The number of fused-ring (bicyclic) bond motifs is 1. The molecule has 0 atom stereocenters. The molecule has 4 rings (SSSR count). The first kappa shape index (κ1) is 19.2. The maximum Gasteiger partial charge on any atom is 0.270 e. The molecule has 3 aromatic heterocycles. The molecule has 0 bridgehead atoms. The monoisotopic (exact) mass is 482 g/mol. The molecule has 0 aliphatic rings. The van der Waals surface area contributed by atoms with E-state index in [-0.39, 0.29) is 11.4 Å². The van der Waals surface area contributed by atoms with Crippen LogP contribution < -0.4 is 4.90 Å². The van der Waals surface area contributed by atoms with E-state index in [2.05, 4.69) is 25.9 Å². The Morgan fingerprint density at radius 1 is 1.25 bits per heavy atom. The fraction of sp³-hybridized carbons (Fsp3) is 0.167. The van der Waals surface area contributed by atoms with Gasteiger partial charge in [-0.05, 0) is 40.5 Å². The van der Waals surface area contributed by atoms with E-state index in [0.29, 0.717) is 34.2 Å². The number of rotatable bonds is 6. The van der Waals surface area contributed by atoms with E-state index in [4.69, 9.17) is 0 Å². The predicted octanol–water partition coefficient (Wildman–Crippen LogP) is 5.33. The third-order valence-corrected chi connectivity index (χ3v) is 6.66. The van der Waals surface area contributed by atoms with E-state index in [1.54, 1.807) is 24.7 Å². The molecule has 10 heteroatoms. The molecule has 3 heterocycles. The van der Waals surface area contributed by atoms with Gasteiger partial charge in [0.05, 0.1) is 19.7 Å². The Labute approximate surface area is 175 Å². The number of thiophene rings is 1. The van der Waals surface area contributed by atoms with Crippen LogP contribution in [0.5, 0.6) is 0 Å².